The maximum atomic E-state index is 12.7. The van der Waals surface area contributed by atoms with Crippen LogP contribution in [0.3, 0.4) is 0 Å². The summed E-state index contributed by atoms with van der Waals surface area (Å²) in [5.41, 5.74) is -0.0460. The van der Waals surface area contributed by atoms with Crippen LogP contribution in [0.4, 0.5) is 3.89 Å². The van der Waals surface area contributed by atoms with Crippen molar-refractivity contribution in [1.29, 1.82) is 0 Å². The van der Waals surface area contributed by atoms with Crippen LogP contribution in [-0.4, -0.2) is 21.3 Å². The number of hydrogen-bond acceptors (Lipinski definition) is 3. The molecule has 0 unspecified atom stereocenters. The van der Waals surface area contributed by atoms with Crippen LogP contribution in [0.25, 0.3) is 0 Å². The molecule has 0 radical (unpaired) electrons. The summed E-state index contributed by atoms with van der Waals surface area (Å²) in [7, 11) is -2.96. The van der Waals surface area contributed by atoms with Crippen molar-refractivity contribution in [3.63, 3.8) is 0 Å². The first-order valence-corrected chi connectivity index (χ1v) is 6.37. The zero-order chi connectivity index (χ0) is 12.4. The highest BCUT2D eigenvalue weighted by Gasteiger charge is 2.28. The fourth-order valence-corrected chi connectivity index (χ4v) is 2.59. The predicted molar refractivity (Wildman–Crippen MR) is 60.9 cm³/mol. The van der Waals surface area contributed by atoms with E-state index in [9.17, 15) is 12.3 Å². The van der Waals surface area contributed by atoms with Crippen LogP contribution in [0.2, 0.25) is 0 Å². The van der Waals surface area contributed by atoms with Gasteiger partial charge < -0.3 is 4.74 Å². The summed E-state index contributed by atoms with van der Waals surface area (Å²) in [6, 6.07) is 6.98. The van der Waals surface area contributed by atoms with E-state index in [1.165, 1.54) is 7.11 Å². The summed E-state index contributed by atoms with van der Waals surface area (Å²) in [5.74, 6) is 0.0921. The lowest BCUT2D eigenvalue weighted by Gasteiger charge is -2.23. The molecule has 0 saturated carbocycles. The lowest BCUT2D eigenvalue weighted by atomic mass is 9.87. The van der Waals surface area contributed by atoms with Gasteiger partial charge in [0.1, 0.15) is 5.75 Å². The van der Waals surface area contributed by atoms with Crippen LogP contribution in [0, 0.1) is 0 Å². The molecule has 0 bridgehead atoms. The minimum Gasteiger partial charge on any atom is -0.497 e. The van der Waals surface area contributed by atoms with Gasteiger partial charge in [0, 0.05) is 5.41 Å². The molecule has 0 aliphatic rings. The van der Waals surface area contributed by atoms with Crippen molar-refractivity contribution in [2.75, 3.05) is 12.9 Å². The van der Waals surface area contributed by atoms with Crippen molar-refractivity contribution in [1.82, 2.24) is 0 Å². The van der Waals surface area contributed by atoms with Crippen molar-refractivity contribution in [2.24, 2.45) is 0 Å². The van der Waals surface area contributed by atoms with Gasteiger partial charge in [0.05, 0.1) is 12.9 Å². The Morgan fingerprint density at radius 1 is 1.38 bits per heavy atom. The molecule has 0 atom stereocenters. The van der Waals surface area contributed by atoms with E-state index in [1.807, 2.05) is 0 Å². The van der Waals surface area contributed by atoms with Gasteiger partial charge in [-0.05, 0) is 17.7 Å². The topological polar surface area (TPSA) is 43.4 Å². The molecule has 0 fully saturated rings. The van der Waals surface area contributed by atoms with Crippen molar-refractivity contribution in [3.8, 4) is 5.75 Å². The summed E-state index contributed by atoms with van der Waals surface area (Å²) in [4.78, 5) is 0. The number of benzene rings is 1. The van der Waals surface area contributed by atoms with E-state index >= 15 is 0 Å². The van der Waals surface area contributed by atoms with Crippen LogP contribution < -0.4 is 4.74 Å². The Hall–Kier alpha value is -1.10. The fourth-order valence-electron chi connectivity index (χ4n) is 1.56. The molecule has 0 aliphatic heterocycles. The third-order valence-corrected chi connectivity index (χ3v) is 3.45. The highest BCUT2D eigenvalue weighted by Crippen LogP contribution is 2.28. The minimum atomic E-state index is -4.49. The third kappa shape index (κ3) is 3.48. The smallest absolute Gasteiger partial charge is 0.303 e. The Kier molecular flexibility index (Phi) is 3.57. The summed E-state index contributed by atoms with van der Waals surface area (Å²) < 4.78 is 39.1. The van der Waals surface area contributed by atoms with Gasteiger partial charge in [0.2, 0.25) is 0 Å². The van der Waals surface area contributed by atoms with E-state index in [2.05, 4.69) is 0 Å². The van der Waals surface area contributed by atoms with Crippen molar-refractivity contribution in [3.05, 3.63) is 29.8 Å². The lowest BCUT2D eigenvalue weighted by Crippen LogP contribution is -2.26. The van der Waals surface area contributed by atoms with E-state index in [4.69, 9.17) is 4.74 Å². The summed E-state index contributed by atoms with van der Waals surface area (Å²) in [6.45, 7) is 3.36. The molecule has 16 heavy (non-hydrogen) atoms. The molecule has 1 aromatic carbocycles. The van der Waals surface area contributed by atoms with Crippen LogP contribution in [0.15, 0.2) is 24.3 Å². The van der Waals surface area contributed by atoms with Crippen molar-refractivity contribution < 1.29 is 17.0 Å². The van der Waals surface area contributed by atoms with Gasteiger partial charge in [0.15, 0.2) is 0 Å². The van der Waals surface area contributed by atoms with Gasteiger partial charge in [-0.25, -0.2) is 0 Å². The predicted octanol–water partition coefficient (Wildman–Crippen LogP) is 2.27. The van der Waals surface area contributed by atoms with Crippen molar-refractivity contribution >= 4 is 10.2 Å². The number of hydrogen-bond donors (Lipinski definition) is 0. The average Bonchev–Trinajstić information content (AvgIpc) is 2.14. The van der Waals surface area contributed by atoms with Crippen LogP contribution in [0.1, 0.15) is 19.4 Å². The Morgan fingerprint density at radius 2 is 2.00 bits per heavy atom. The van der Waals surface area contributed by atoms with Crippen molar-refractivity contribution in [2.45, 2.75) is 19.3 Å². The first-order valence-electron chi connectivity index (χ1n) is 4.81. The first-order chi connectivity index (χ1) is 7.24. The third-order valence-electron chi connectivity index (χ3n) is 2.38. The largest absolute Gasteiger partial charge is 0.497 e. The van der Waals surface area contributed by atoms with Crippen LogP contribution in [0.5, 0.6) is 5.75 Å². The molecule has 0 aliphatic carbocycles. The second kappa shape index (κ2) is 4.41. The fraction of sp³-hybridized carbons (Fsp3) is 0.455. The highest BCUT2D eigenvalue weighted by atomic mass is 32.3. The number of halogens is 1. The number of ether oxygens (including phenoxy) is 1. The Labute approximate surface area is 95.5 Å². The minimum absolute atomic E-state index is 0.535. The van der Waals surface area contributed by atoms with Gasteiger partial charge in [-0.15, -0.1) is 3.89 Å². The molecule has 1 aromatic rings. The normalized spacial score (nSPS) is 12.5. The molecule has 5 heteroatoms. The average molecular weight is 246 g/mol. The van der Waals surface area contributed by atoms with Gasteiger partial charge >= 0.3 is 10.2 Å². The Morgan fingerprint density at radius 3 is 2.50 bits per heavy atom. The quantitative estimate of drug-likeness (QED) is 0.765. The Balaban J connectivity index is 3.06. The van der Waals surface area contributed by atoms with E-state index < -0.39 is 21.4 Å². The Bertz CT molecular complexity index is 466. The molecule has 90 valence electrons. The zero-order valence-corrected chi connectivity index (χ0v) is 10.3. The SMILES string of the molecule is COc1cccc(C(C)(C)CS(=O)(=O)F)c1. The van der Waals surface area contributed by atoms with Gasteiger partial charge in [-0.1, -0.05) is 26.0 Å². The first kappa shape index (κ1) is 13.0. The molecule has 0 spiro atoms. The molecular weight excluding hydrogens is 231 g/mol. The molecule has 3 nitrogen and oxygen atoms in total. The highest BCUT2D eigenvalue weighted by molar-refractivity contribution is 7.86. The van der Waals surface area contributed by atoms with Gasteiger partial charge in [-0.2, -0.15) is 8.42 Å². The van der Waals surface area contributed by atoms with E-state index in [0.717, 1.165) is 5.56 Å². The molecule has 1 rings (SSSR count). The summed E-state index contributed by atoms with van der Waals surface area (Å²) in [5, 5.41) is 0. The maximum absolute atomic E-state index is 12.7. The van der Waals surface area contributed by atoms with Gasteiger partial charge in [-0.3, -0.25) is 0 Å². The summed E-state index contributed by atoms with van der Waals surface area (Å²) in [6.07, 6.45) is 0. The molecule has 0 N–H and O–H groups in total. The van der Waals surface area contributed by atoms with E-state index in [-0.39, 0.29) is 0 Å². The number of rotatable bonds is 4. The zero-order valence-electron chi connectivity index (χ0n) is 9.53. The number of methoxy groups -OCH3 is 1. The maximum Gasteiger partial charge on any atom is 0.303 e. The van der Waals surface area contributed by atoms with Crippen LogP contribution in [-0.2, 0) is 15.6 Å². The monoisotopic (exact) mass is 246 g/mol. The second-order valence-electron chi connectivity index (χ2n) is 4.30. The standard InChI is InChI=1S/C11H15FO3S/c1-11(2,8-16(12,13)14)9-5-4-6-10(7-9)15-3/h4-7H,8H2,1-3H3. The van der Waals surface area contributed by atoms with Crippen LogP contribution >= 0.6 is 0 Å². The molecule has 0 heterocycles. The molecular formula is C11H15FO3S. The summed E-state index contributed by atoms with van der Waals surface area (Å²) >= 11 is 0. The van der Waals surface area contributed by atoms with E-state index in [1.54, 1.807) is 38.1 Å². The molecule has 0 saturated heterocycles. The van der Waals surface area contributed by atoms with E-state index in [0.29, 0.717) is 5.75 Å². The van der Waals surface area contributed by atoms with Gasteiger partial charge in [0.25, 0.3) is 0 Å². The lowest BCUT2D eigenvalue weighted by molar-refractivity contribution is 0.412. The molecule has 0 amide bonds. The second-order valence-corrected chi connectivity index (χ2v) is 5.67. The molecule has 0 aromatic heterocycles.